The first-order chi connectivity index (χ1) is 11.5. The number of aromatic nitrogens is 3. The van der Waals surface area contributed by atoms with E-state index < -0.39 is 12.1 Å². The molecule has 0 aromatic carbocycles. The molecule has 8 heteroatoms. The summed E-state index contributed by atoms with van der Waals surface area (Å²) in [6, 6.07) is 4.57. The first-order valence-corrected chi connectivity index (χ1v) is 7.71. The highest BCUT2D eigenvalue weighted by Crippen LogP contribution is 2.11. The summed E-state index contributed by atoms with van der Waals surface area (Å²) in [5.74, 6) is -0.0529. The van der Waals surface area contributed by atoms with Gasteiger partial charge in [0.1, 0.15) is 6.04 Å². The Kier molecular flexibility index (Phi) is 5.89. The van der Waals surface area contributed by atoms with Gasteiger partial charge in [-0.2, -0.15) is 5.10 Å². The van der Waals surface area contributed by atoms with E-state index in [1.165, 1.54) is 0 Å². The number of nitrogens with zero attached hydrogens (tertiary/aromatic N) is 3. The number of nitrogens with one attached hydrogen (secondary N) is 2. The number of carbonyl (C=O) groups is 2. The first kappa shape index (κ1) is 17.5. The van der Waals surface area contributed by atoms with Crippen molar-refractivity contribution in [2.24, 2.45) is 5.92 Å². The molecule has 0 saturated carbocycles. The normalized spacial score (nSPS) is 11.8. The molecule has 1 unspecified atom stereocenters. The minimum atomic E-state index is -0.713. The highest BCUT2D eigenvalue weighted by molar-refractivity contribution is 5.96. The molecule has 0 aliphatic carbocycles. The lowest BCUT2D eigenvalue weighted by Gasteiger charge is -2.20. The Balaban J connectivity index is 2.04. The zero-order chi connectivity index (χ0) is 17.5. The predicted octanol–water partition coefficient (Wildman–Crippen LogP) is 1.98. The third-order valence-electron chi connectivity index (χ3n) is 3.27. The zero-order valence-corrected chi connectivity index (χ0v) is 13.9. The van der Waals surface area contributed by atoms with E-state index >= 15 is 0 Å². The van der Waals surface area contributed by atoms with Gasteiger partial charge in [-0.3, -0.25) is 9.78 Å². The fourth-order valence-corrected chi connectivity index (χ4v) is 2.07. The van der Waals surface area contributed by atoms with Gasteiger partial charge in [-0.05, 0) is 25.0 Å². The van der Waals surface area contributed by atoms with E-state index in [0.717, 1.165) is 5.69 Å². The van der Waals surface area contributed by atoms with Crippen molar-refractivity contribution in [2.45, 2.75) is 26.8 Å². The molecule has 0 spiro atoms. The van der Waals surface area contributed by atoms with Crippen LogP contribution in [0.25, 0.3) is 5.69 Å². The summed E-state index contributed by atoms with van der Waals surface area (Å²) in [5, 5.41) is 9.55. The van der Waals surface area contributed by atoms with Crippen LogP contribution in [-0.2, 0) is 9.53 Å². The molecular weight excluding hydrogens is 310 g/mol. The summed E-state index contributed by atoms with van der Waals surface area (Å²) in [6.45, 7) is 5.63. The largest absolute Gasteiger partial charge is 0.450 e. The van der Waals surface area contributed by atoms with Gasteiger partial charge in [0, 0.05) is 24.7 Å². The number of ether oxygens (including phenoxy) is 1. The van der Waals surface area contributed by atoms with Crippen LogP contribution in [0.5, 0.6) is 0 Å². The number of rotatable bonds is 6. The van der Waals surface area contributed by atoms with E-state index in [1.807, 2.05) is 13.8 Å². The molecule has 24 heavy (non-hydrogen) atoms. The molecule has 0 radical (unpaired) electrons. The standard InChI is InChI=1S/C16H21N5O3/c1-4-24-16(23)19-14(11(2)3)15(22)18-13-7-10-21(20-13)12-5-8-17-9-6-12/h5-11,14H,4H2,1-3H3,(H,19,23)(H,18,20,22). The smallest absolute Gasteiger partial charge is 0.407 e. The van der Waals surface area contributed by atoms with Gasteiger partial charge >= 0.3 is 6.09 Å². The predicted molar refractivity (Wildman–Crippen MR) is 88.8 cm³/mol. The highest BCUT2D eigenvalue weighted by Gasteiger charge is 2.25. The first-order valence-electron chi connectivity index (χ1n) is 7.71. The van der Waals surface area contributed by atoms with E-state index in [-0.39, 0.29) is 18.4 Å². The third kappa shape index (κ3) is 4.55. The van der Waals surface area contributed by atoms with E-state index in [4.69, 9.17) is 4.74 Å². The fourth-order valence-electron chi connectivity index (χ4n) is 2.07. The van der Waals surface area contributed by atoms with Crippen LogP contribution in [0.2, 0.25) is 0 Å². The van der Waals surface area contributed by atoms with Crippen molar-refractivity contribution in [2.75, 3.05) is 11.9 Å². The average Bonchev–Trinajstić information content (AvgIpc) is 3.02. The molecule has 2 aromatic rings. The monoisotopic (exact) mass is 331 g/mol. The second kappa shape index (κ2) is 8.09. The summed E-state index contributed by atoms with van der Waals surface area (Å²) in [7, 11) is 0. The second-order valence-corrected chi connectivity index (χ2v) is 5.43. The number of hydrogen-bond acceptors (Lipinski definition) is 5. The minimum absolute atomic E-state index is 0.100. The molecule has 0 fully saturated rings. The number of anilines is 1. The van der Waals surface area contributed by atoms with E-state index in [0.29, 0.717) is 5.82 Å². The van der Waals surface area contributed by atoms with E-state index in [9.17, 15) is 9.59 Å². The van der Waals surface area contributed by atoms with E-state index in [1.54, 1.807) is 48.4 Å². The summed E-state index contributed by atoms with van der Waals surface area (Å²) < 4.78 is 6.45. The van der Waals surface area contributed by atoms with Crippen molar-refractivity contribution >= 4 is 17.8 Å². The van der Waals surface area contributed by atoms with Gasteiger partial charge in [0.25, 0.3) is 0 Å². The summed E-state index contributed by atoms with van der Waals surface area (Å²) in [4.78, 5) is 27.9. The van der Waals surface area contributed by atoms with E-state index in [2.05, 4.69) is 20.7 Å². The van der Waals surface area contributed by atoms with Crippen LogP contribution in [0, 0.1) is 5.92 Å². The number of hydrogen-bond donors (Lipinski definition) is 2. The zero-order valence-electron chi connectivity index (χ0n) is 13.9. The van der Waals surface area contributed by atoms with Crippen molar-refractivity contribution < 1.29 is 14.3 Å². The van der Waals surface area contributed by atoms with Crippen molar-refractivity contribution in [3.8, 4) is 5.69 Å². The van der Waals surface area contributed by atoms with Gasteiger partial charge in [0.05, 0.1) is 12.3 Å². The van der Waals surface area contributed by atoms with Crippen molar-refractivity contribution in [3.05, 3.63) is 36.8 Å². The Labute approximate surface area is 140 Å². The summed E-state index contributed by atoms with van der Waals surface area (Å²) >= 11 is 0. The Bertz CT molecular complexity index is 684. The van der Waals surface area contributed by atoms with Crippen molar-refractivity contribution in [1.82, 2.24) is 20.1 Å². The Morgan fingerprint density at radius 2 is 1.96 bits per heavy atom. The van der Waals surface area contributed by atoms with Crippen molar-refractivity contribution in [1.29, 1.82) is 0 Å². The Morgan fingerprint density at radius 3 is 2.58 bits per heavy atom. The molecule has 2 amide bonds. The molecule has 8 nitrogen and oxygen atoms in total. The van der Waals surface area contributed by atoms with Crippen LogP contribution in [0.1, 0.15) is 20.8 Å². The third-order valence-corrected chi connectivity index (χ3v) is 3.27. The average molecular weight is 331 g/mol. The number of alkyl carbamates (subject to hydrolysis) is 1. The number of carbonyl (C=O) groups excluding carboxylic acids is 2. The molecular formula is C16H21N5O3. The molecule has 0 saturated heterocycles. The molecule has 0 aliphatic rings. The maximum atomic E-state index is 12.4. The SMILES string of the molecule is CCOC(=O)NC(C(=O)Nc1ccn(-c2ccncc2)n1)C(C)C. The maximum Gasteiger partial charge on any atom is 0.407 e. The molecule has 0 aliphatic heterocycles. The number of amides is 2. The van der Waals surface area contributed by atoms with Gasteiger partial charge in [-0.25, -0.2) is 9.48 Å². The van der Waals surface area contributed by atoms with Gasteiger partial charge in [-0.1, -0.05) is 13.8 Å². The molecule has 0 bridgehead atoms. The highest BCUT2D eigenvalue weighted by atomic mass is 16.5. The van der Waals surface area contributed by atoms with Gasteiger partial charge in [0.15, 0.2) is 5.82 Å². The molecule has 2 N–H and O–H groups in total. The Morgan fingerprint density at radius 1 is 1.25 bits per heavy atom. The summed E-state index contributed by atoms with van der Waals surface area (Å²) in [5.41, 5.74) is 0.829. The van der Waals surface area contributed by atoms with Crippen LogP contribution in [0.3, 0.4) is 0 Å². The lowest BCUT2D eigenvalue weighted by molar-refractivity contribution is -0.119. The molecule has 2 heterocycles. The lowest BCUT2D eigenvalue weighted by atomic mass is 10.0. The quantitative estimate of drug-likeness (QED) is 0.843. The topological polar surface area (TPSA) is 98.1 Å². The Hall–Kier alpha value is -2.90. The summed E-state index contributed by atoms with van der Waals surface area (Å²) in [6.07, 6.45) is 4.43. The molecule has 2 aromatic heterocycles. The van der Waals surface area contributed by atoms with Crippen LogP contribution in [0.4, 0.5) is 10.6 Å². The lowest BCUT2D eigenvalue weighted by Crippen LogP contribution is -2.47. The van der Waals surface area contributed by atoms with Gasteiger partial charge < -0.3 is 15.4 Å². The number of pyridine rings is 1. The van der Waals surface area contributed by atoms with Crippen LogP contribution < -0.4 is 10.6 Å². The maximum absolute atomic E-state index is 12.4. The molecule has 1 atom stereocenters. The fraction of sp³-hybridized carbons (Fsp3) is 0.375. The van der Waals surface area contributed by atoms with Crippen molar-refractivity contribution in [3.63, 3.8) is 0 Å². The molecule has 128 valence electrons. The van der Waals surface area contributed by atoms with Gasteiger partial charge in [0.2, 0.25) is 5.91 Å². The van der Waals surface area contributed by atoms with Crippen LogP contribution in [0.15, 0.2) is 36.8 Å². The molecule has 2 rings (SSSR count). The van der Waals surface area contributed by atoms with Crippen LogP contribution in [-0.4, -0.2) is 39.4 Å². The van der Waals surface area contributed by atoms with Gasteiger partial charge in [-0.15, -0.1) is 0 Å². The van der Waals surface area contributed by atoms with Crippen LogP contribution >= 0.6 is 0 Å². The second-order valence-electron chi connectivity index (χ2n) is 5.43. The minimum Gasteiger partial charge on any atom is -0.450 e.